The number of imidazole rings is 1. The van der Waals surface area contributed by atoms with Crippen LogP contribution in [0.3, 0.4) is 0 Å². The highest BCUT2D eigenvalue weighted by atomic mass is 16.1. The predicted molar refractivity (Wildman–Crippen MR) is 70.6 cm³/mol. The van der Waals surface area contributed by atoms with E-state index in [1.165, 1.54) is 0 Å². The van der Waals surface area contributed by atoms with E-state index in [4.69, 9.17) is 0 Å². The molecule has 3 nitrogen and oxygen atoms in total. The van der Waals surface area contributed by atoms with E-state index in [1.807, 2.05) is 53.1 Å². The Kier molecular flexibility index (Phi) is 2.45. The summed E-state index contributed by atoms with van der Waals surface area (Å²) in [7, 11) is 0. The third kappa shape index (κ3) is 1.70. The van der Waals surface area contributed by atoms with Gasteiger partial charge in [0, 0.05) is 13.1 Å². The number of hydrogen-bond donors (Lipinski definition) is 0. The predicted octanol–water partition coefficient (Wildman–Crippen LogP) is 3.20. The van der Waals surface area contributed by atoms with Gasteiger partial charge in [-0.15, -0.1) is 0 Å². The van der Waals surface area contributed by atoms with Crippen LogP contribution in [0.25, 0.3) is 16.8 Å². The van der Waals surface area contributed by atoms with Crippen molar-refractivity contribution in [3.8, 4) is 11.1 Å². The van der Waals surface area contributed by atoms with Crippen LogP contribution in [0.2, 0.25) is 0 Å². The second-order valence-corrected chi connectivity index (χ2v) is 4.21. The van der Waals surface area contributed by atoms with Crippen LogP contribution in [0.1, 0.15) is 17.4 Å². The summed E-state index contributed by atoms with van der Waals surface area (Å²) in [6.45, 7) is 1.55. The van der Waals surface area contributed by atoms with Gasteiger partial charge in [0.05, 0.1) is 6.20 Å². The zero-order chi connectivity index (χ0) is 12.5. The van der Waals surface area contributed by atoms with E-state index in [1.54, 1.807) is 13.1 Å². The maximum atomic E-state index is 11.5. The summed E-state index contributed by atoms with van der Waals surface area (Å²) in [6, 6.07) is 14.0. The maximum absolute atomic E-state index is 11.5. The standard InChI is InChI=1S/C15H12N2O/c1-11(18)14-9-16-15-8-7-13(10-17(14)15)12-5-3-2-4-6-12/h2-10H,1H3. The Morgan fingerprint density at radius 2 is 1.83 bits per heavy atom. The molecule has 0 aliphatic rings. The normalized spacial score (nSPS) is 10.7. The number of rotatable bonds is 2. The van der Waals surface area contributed by atoms with Crippen molar-refractivity contribution in [1.82, 2.24) is 9.38 Å². The van der Waals surface area contributed by atoms with E-state index in [0.717, 1.165) is 16.8 Å². The number of carbonyl (C=O) groups excluding carboxylic acids is 1. The van der Waals surface area contributed by atoms with Crippen molar-refractivity contribution in [2.75, 3.05) is 0 Å². The quantitative estimate of drug-likeness (QED) is 0.640. The molecule has 3 aromatic rings. The largest absolute Gasteiger partial charge is 0.296 e. The van der Waals surface area contributed by atoms with Crippen molar-refractivity contribution in [3.63, 3.8) is 0 Å². The van der Waals surface area contributed by atoms with E-state index in [9.17, 15) is 4.79 Å². The zero-order valence-corrected chi connectivity index (χ0v) is 10.00. The van der Waals surface area contributed by atoms with Crippen LogP contribution in [-0.2, 0) is 0 Å². The summed E-state index contributed by atoms with van der Waals surface area (Å²) in [4.78, 5) is 15.7. The summed E-state index contributed by atoms with van der Waals surface area (Å²) in [5.74, 6) is 0.0210. The molecule has 0 amide bonds. The maximum Gasteiger partial charge on any atom is 0.178 e. The molecule has 0 radical (unpaired) electrons. The summed E-state index contributed by atoms with van der Waals surface area (Å²) >= 11 is 0. The number of ketones is 1. The van der Waals surface area contributed by atoms with Crippen molar-refractivity contribution in [3.05, 3.63) is 60.6 Å². The third-order valence-electron chi connectivity index (χ3n) is 2.97. The Balaban J connectivity index is 2.21. The molecule has 3 heteroatoms. The van der Waals surface area contributed by atoms with Gasteiger partial charge in [0.2, 0.25) is 0 Å². The molecule has 88 valence electrons. The Bertz CT molecular complexity index is 714. The molecule has 0 aliphatic carbocycles. The minimum absolute atomic E-state index is 0.0210. The van der Waals surface area contributed by atoms with Gasteiger partial charge in [0.15, 0.2) is 5.78 Å². The molecule has 1 aromatic carbocycles. The fourth-order valence-corrected chi connectivity index (χ4v) is 2.04. The second-order valence-electron chi connectivity index (χ2n) is 4.21. The molecule has 3 rings (SSSR count). The number of Topliss-reactive ketones (excluding diaryl/α,β-unsaturated/α-hetero) is 1. The molecule has 0 unspecified atom stereocenters. The molecule has 0 spiro atoms. The third-order valence-corrected chi connectivity index (χ3v) is 2.97. The molecule has 2 heterocycles. The molecular formula is C15H12N2O. The smallest absolute Gasteiger partial charge is 0.178 e. The van der Waals surface area contributed by atoms with E-state index in [-0.39, 0.29) is 5.78 Å². The average Bonchev–Trinajstić information content (AvgIpc) is 2.82. The van der Waals surface area contributed by atoms with Gasteiger partial charge in [-0.05, 0) is 23.3 Å². The van der Waals surface area contributed by atoms with Crippen LogP contribution in [0, 0.1) is 0 Å². The molecule has 2 aromatic heterocycles. The lowest BCUT2D eigenvalue weighted by molar-refractivity contribution is 0.101. The fourth-order valence-electron chi connectivity index (χ4n) is 2.04. The average molecular weight is 236 g/mol. The van der Waals surface area contributed by atoms with E-state index < -0.39 is 0 Å². The SMILES string of the molecule is CC(=O)c1cnc2ccc(-c3ccccc3)cn12. The first-order chi connectivity index (χ1) is 8.75. The fraction of sp³-hybridized carbons (Fsp3) is 0.0667. The van der Waals surface area contributed by atoms with Gasteiger partial charge < -0.3 is 0 Å². The molecule has 18 heavy (non-hydrogen) atoms. The minimum atomic E-state index is 0.0210. The van der Waals surface area contributed by atoms with Gasteiger partial charge >= 0.3 is 0 Å². The van der Waals surface area contributed by atoms with Gasteiger partial charge in [0.1, 0.15) is 11.3 Å². The summed E-state index contributed by atoms with van der Waals surface area (Å²) in [5.41, 5.74) is 3.61. The number of pyridine rings is 1. The van der Waals surface area contributed by atoms with Crippen LogP contribution in [-0.4, -0.2) is 15.2 Å². The molecule has 0 saturated heterocycles. The summed E-state index contributed by atoms with van der Waals surface area (Å²) in [5, 5.41) is 0. The van der Waals surface area contributed by atoms with Crippen LogP contribution >= 0.6 is 0 Å². The lowest BCUT2D eigenvalue weighted by Gasteiger charge is -2.04. The number of carbonyl (C=O) groups is 1. The second kappa shape index (κ2) is 4.11. The van der Waals surface area contributed by atoms with Crippen molar-refractivity contribution in [2.45, 2.75) is 6.92 Å². The Morgan fingerprint density at radius 1 is 1.06 bits per heavy atom. The van der Waals surface area contributed by atoms with E-state index in [0.29, 0.717) is 5.69 Å². The summed E-state index contributed by atoms with van der Waals surface area (Å²) < 4.78 is 1.84. The van der Waals surface area contributed by atoms with Crippen LogP contribution in [0.4, 0.5) is 0 Å². The van der Waals surface area contributed by atoms with Gasteiger partial charge in [-0.25, -0.2) is 4.98 Å². The highest BCUT2D eigenvalue weighted by Gasteiger charge is 2.08. The van der Waals surface area contributed by atoms with Gasteiger partial charge in [-0.1, -0.05) is 30.3 Å². The van der Waals surface area contributed by atoms with Gasteiger partial charge in [-0.2, -0.15) is 0 Å². The Labute approximate surface area is 105 Å². The number of nitrogens with zero attached hydrogens (tertiary/aromatic N) is 2. The molecule has 0 atom stereocenters. The molecule has 0 N–H and O–H groups in total. The van der Waals surface area contributed by atoms with E-state index in [2.05, 4.69) is 4.98 Å². The molecular weight excluding hydrogens is 224 g/mol. The van der Waals surface area contributed by atoms with Crippen LogP contribution in [0.15, 0.2) is 54.9 Å². The lowest BCUT2D eigenvalue weighted by atomic mass is 10.1. The first-order valence-corrected chi connectivity index (χ1v) is 5.79. The lowest BCUT2D eigenvalue weighted by Crippen LogP contribution is -1.98. The van der Waals surface area contributed by atoms with Crippen molar-refractivity contribution in [1.29, 1.82) is 0 Å². The van der Waals surface area contributed by atoms with Crippen molar-refractivity contribution in [2.24, 2.45) is 0 Å². The monoisotopic (exact) mass is 236 g/mol. The molecule has 0 aliphatic heterocycles. The van der Waals surface area contributed by atoms with E-state index >= 15 is 0 Å². The Hall–Kier alpha value is -2.42. The number of benzene rings is 1. The van der Waals surface area contributed by atoms with Crippen molar-refractivity contribution < 1.29 is 4.79 Å². The van der Waals surface area contributed by atoms with Crippen LogP contribution in [0.5, 0.6) is 0 Å². The minimum Gasteiger partial charge on any atom is -0.296 e. The molecule has 0 bridgehead atoms. The highest BCUT2D eigenvalue weighted by Crippen LogP contribution is 2.20. The highest BCUT2D eigenvalue weighted by molar-refractivity contribution is 5.93. The Morgan fingerprint density at radius 3 is 2.56 bits per heavy atom. The van der Waals surface area contributed by atoms with Crippen LogP contribution < -0.4 is 0 Å². The number of hydrogen-bond acceptors (Lipinski definition) is 2. The van der Waals surface area contributed by atoms with Crippen molar-refractivity contribution >= 4 is 11.4 Å². The topological polar surface area (TPSA) is 34.4 Å². The zero-order valence-electron chi connectivity index (χ0n) is 10.00. The number of fused-ring (bicyclic) bond motifs is 1. The van der Waals surface area contributed by atoms with Gasteiger partial charge in [-0.3, -0.25) is 9.20 Å². The summed E-state index contributed by atoms with van der Waals surface area (Å²) in [6.07, 6.45) is 3.57. The number of aromatic nitrogens is 2. The van der Waals surface area contributed by atoms with Gasteiger partial charge in [0.25, 0.3) is 0 Å². The first kappa shape index (κ1) is 10.7. The molecule has 0 fully saturated rings. The first-order valence-electron chi connectivity index (χ1n) is 5.79. The molecule has 0 saturated carbocycles.